The lowest BCUT2D eigenvalue weighted by molar-refractivity contribution is -0.156. The van der Waals surface area contributed by atoms with E-state index in [-0.39, 0.29) is 0 Å². The summed E-state index contributed by atoms with van der Waals surface area (Å²) in [5.74, 6) is -1.23. The van der Waals surface area contributed by atoms with Gasteiger partial charge >= 0.3 is 5.97 Å². The fourth-order valence-corrected chi connectivity index (χ4v) is 2.65. The van der Waals surface area contributed by atoms with Crippen molar-refractivity contribution < 1.29 is 24.1 Å². The number of fused-ring (bicyclic) bond motifs is 1. The van der Waals surface area contributed by atoms with Crippen LogP contribution in [0, 0.1) is 0 Å². The molecule has 0 saturated carbocycles. The van der Waals surface area contributed by atoms with Crippen LogP contribution in [0.3, 0.4) is 0 Å². The minimum absolute atomic E-state index is 0.423. The molecular formula is C16H18O5. The van der Waals surface area contributed by atoms with Gasteiger partial charge in [0.1, 0.15) is 24.4 Å². The summed E-state index contributed by atoms with van der Waals surface area (Å²) < 4.78 is 16.9. The van der Waals surface area contributed by atoms with Crippen LogP contribution in [-0.4, -0.2) is 41.3 Å². The van der Waals surface area contributed by atoms with Crippen molar-refractivity contribution >= 4 is 5.97 Å². The summed E-state index contributed by atoms with van der Waals surface area (Å²) in [7, 11) is 0. The van der Waals surface area contributed by atoms with E-state index in [9.17, 15) is 9.90 Å². The molecule has 1 heterocycles. The number of aliphatic hydroxyl groups is 1. The van der Waals surface area contributed by atoms with Crippen molar-refractivity contribution in [1.82, 2.24) is 0 Å². The van der Waals surface area contributed by atoms with Crippen molar-refractivity contribution in [1.29, 1.82) is 0 Å². The first kappa shape index (κ1) is 14.3. The zero-order valence-corrected chi connectivity index (χ0v) is 11.9. The molecule has 1 saturated heterocycles. The van der Waals surface area contributed by atoms with Gasteiger partial charge in [-0.15, -0.1) is 0 Å². The highest BCUT2D eigenvalue weighted by atomic mass is 16.8. The minimum atomic E-state index is -0.806. The highest BCUT2D eigenvalue weighted by molar-refractivity contribution is 5.89. The third-order valence-corrected chi connectivity index (χ3v) is 3.57. The summed E-state index contributed by atoms with van der Waals surface area (Å²) in [6.07, 6.45) is 0.856. The average molecular weight is 290 g/mol. The molecule has 3 rings (SSSR count). The molecule has 1 aromatic rings. The number of rotatable bonds is 2. The second kappa shape index (κ2) is 5.26. The maximum absolute atomic E-state index is 12.1. The van der Waals surface area contributed by atoms with Crippen LogP contribution in [-0.2, 0) is 14.2 Å². The van der Waals surface area contributed by atoms with E-state index in [0.717, 1.165) is 0 Å². The predicted molar refractivity (Wildman–Crippen MR) is 74.6 cm³/mol. The Morgan fingerprint density at radius 3 is 2.52 bits per heavy atom. The number of aliphatic hydroxyl groups excluding tert-OH is 1. The Morgan fingerprint density at radius 1 is 1.14 bits per heavy atom. The van der Waals surface area contributed by atoms with Gasteiger partial charge in [-0.3, -0.25) is 0 Å². The van der Waals surface area contributed by atoms with Crippen molar-refractivity contribution in [2.45, 2.75) is 44.1 Å². The maximum Gasteiger partial charge on any atom is 0.338 e. The first-order valence-electron chi connectivity index (χ1n) is 6.94. The summed E-state index contributed by atoms with van der Waals surface area (Å²) in [6.45, 7) is 3.54. The molecule has 5 nitrogen and oxygen atoms in total. The van der Waals surface area contributed by atoms with Gasteiger partial charge in [-0.05, 0) is 32.1 Å². The zero-order valence-electron chi connectivity index (χ0n) is 11.9. The van der Waals surface area contributed by atoms with Gasteiger partial charge < -0.3 is 19.3 Å². The van der Waals surface area contributed by atoms with Crippen molar-refractivity contribution in [3.63, 3.8) is 0 Å². The normalized spacial score (nSPS) is 33.5. The second-order valence-electron chi connectivity index (χ2n) is 5.68. The van der Waals surface area contributed by atoms with Crippen LogP contribution in [0.2, 0.25) is 0 Å². The molecule has 0 radical (unpaired) electrons. The number of ether oxygens (including phenoxy) is 3. The Bertz CT molecular complexity index is 551. The summed E-state index contributed by atoms with van der Waals surface area (Å²) in [5.41, 5.74) is 0.478. The molecule has 1 aliphatic heterocycles. The third-order valence-electron chi connectivity index (χ3n) is 3.57. The van der Waals surface area contributed by atoms with E-state index in [0.29, 0.717) is 5.56 Å². The van der Waals surface area contributed by atoms with Gasteiger partial charge in [0.05, 0.1) is 5.56 Å². The fraction of sp³-hybridized carbons (Fsp3) is 0.438. The Hall–Kier alpha value is -1.69. The topological polar surface area (TPSA) is 65.0 Å². The first-order valence-corrected chi connectivity index (χ1v) is 6.94. The molecule has 0 unspecified atom stereocenters. The maximum atomic E-state index is 12.1. The smallest absolute Gasteiger partial charge is 0.338 e. The van der Waals surface area contributed by atoms with Gasteiger partial charge in [0, 0.05) is 0 Å². The van der Waals surface area contributed by atoms with Crippen LogP contribution in [0.15, 0.2) is 42.5 Å². The number of benzene rings is 1. The standard InChI is InChI=1S/C16H18O5/c1-16(2)20-13-11(17)8-9-12(14(13)21-16)19-15(18)10-6-4-3-5-7-10/h3-9,11-14,17H,1-2H3/t11-,12-,13+,14-/m1/s1. The molecule has 1 aliphatic carbocycles. The van der Waals surface area contributed by atoms with E-state index < -0.39 is 36.2 Å². The fourth-order valence-electron chi connectivity index (χ4n) is 2.65. The lowest BCUT2D eigenvalue weighted by atomic mass is 9.96. The second-order valence-corrected chi connectivity index (χ2v) is 5.68. The van der Waals surface area contributed by atoms with Gasteiger partial charge in [0.25, 0.3) is 0 Å². The quantitative estimate of drug-likeness (QED) is 0.663. The summed E-state index contributed by atoms with van der Waals surface area (Å²) >= 11 is 0. The highest BCUT2D eigenvalue weighted by Gasteiger charge is 2.50. The van der Waals surface area contributed by atoms with E-state index in [2.05, 4.69) is 0 Å². The zero-order chi connectivity index (χ0) is 15.0. The molecule has 1 N–H and O–H groups in total. The molecular weight excluding hydrogens is 272 g/mol. The minimum Gasteiger partial charge on any atom is -0.452 e. The van der Waals surface area contributed by atoms with Crippen molar-refractivity contribution in [2.75, 3.05) is 0 Å². The number of carbonyl (C=O) groups is 1. The van der Waals surface area contributed by atoms with Crippen molar-refractivity contribution in [3.05, 3.63) is 48.0 Å². The van der Waals surface area contributed by atoms with Gasteiger partial charge in [-0.25, -0.2) is 4.79 Å². The van der Waals surface area contributed by atoms with E-state index in [1.807, 2.05) is 6.07 Å². The molecule has 5 heteroatoms. The Morgan fingerprint density at radius 2 is 1.81 bits per heavy atom. The Labute approximate surface area is 123 Å². The molecule has 4 atom stereocenters. The molecule has 1 fully saturated rings. The van der Waals surface area contributed by atoms with Gasteiger partial charge in [-0.2, -0.15) is 0 Å². The predicted octanol–water partition coefficient (Wildman–Crippen LogP) is 1.66. The van der Waals surface area contributed by atoms with E-state index in [4.69, 9.17) is 14.2 Å². The lowest BCUT2D eigenvalue weighted by Crippen LogP contribution is -2.46. The van der Waals surface area contributed by atoms with Gasteiger partial charge in [0.15, 0.2) is 5.79 Å². The van der Waals surface area contributed by atoms with Crippen LogP contribution in [0.25, 0.3) is 0 Å². The van der Waals surface area contributed by atoms with Gasteiger partial charge in [-0.1, -0.05) is 24.3 Å². The van der Waals surface area contributed by atoms with Gasteiger partial charge in [0.2, 0.25) is 0 Å². The monoisotopic (exact) mass is 290 g/mol. The van der Waals surface area contributed by atoms with E-state index in [1.165, 1.54) is 0 Å². The number of hydrogen-bond donors (Lipinski definition) is 1. The number of carbonyl (C=O) groups excluding carboxylic acids is 1. The first-order chi connectivity index (χ1) is 9.96. The molecule has 0 aromatic heterocycles. The molecule has 112 valence electrons. The third kappa shape index (κ3) is 2.85. The highest BCUT2D eigenvalue weighted by Crippen LogP contribution is 2.35. The van der Waals surface area contributed by atoms with Crippen LogP contribution >= 0.6 is 0 Å². The summed E-state index contributed by atoms with van der Waals surface area (Å²) in [6, 6.07) is 8.77. The van der Waals surface area contributed by atoms with E-state index >= 15 is 0 Å². The molecule has 21 heavy (non-hydrogen) atoms. The van der Waals surface area contributed by atoms with E-state index in [1.54, 1.807) is 50.3 Å². The van der Waals surface area contributed by atoms with Crippen LogP contribution in [0.5, 0.6) is 0 Å². The molecule has 0 spiro atoms. The average Bonchev–Trinajstić information content (AvgIpc) is 2.79. The SMILES string of the molecule is CC1(C)O[C@@H]2[C@H](O1)[C@H](OC(=O)c1ccccc1)C=C[C@H]2O. The lowest BCUT2D eigenvalue weighted by Gasteiger charge is -2.29. The van der Waals surface area contributed by atoms with Crippen LogP contribution in [0.1, 0.15) is 24.2 Å². The van der Waals surface area contributed by atoms with Crippen molar-refractivity contribution in [2.24, 2.45) is 0 Å². The molecule has 2 aliphatic rings. The Balaban J connectivity index is 1.76. The van der Waals surface area contributed by atoms with Crippen molar-refractivity contribution in [3.8, 4) is 0 Å². The molecule has 0 amide bonds. The number of esters is 1. The molecule has 0 bridgehead atoms. The van der Waals surface area contributed by atoms with Crippen LogP contribution < -0.4 is 0 Å². The molecule has 1 aromatic carbocycles. The largest absolute Gasteiger partial charge is 0.452 e. The van der Waals surface area contributed by atoms with Crippen LogP contribution in [0.4, 0.5) is 0 Å². The summed E-state index contributed by atoms with van der Waals surface area (Å²) in [5, 5.41) is 9.95. The summed E-state index contributed by atoms with van der Waals surface area (Å²) in [4.78, 5) is 12.1. The Kier molecular flexibility index (Phi) is 3.57. The number of hydrogen-bond acceptors (Lipinski definition) is 5.